The first-order valence-electron chi connectivity index (χ1n) is 8.87. The number of carbonyl (C=O) groups excluding carboxylic acids is 2. The van der Waals surface area contributed by atoms with Crippen molar-refractivity contribution in [1.82, 2.24) is 15.5 Å². The smallest absolute Gasteiger partial charge is 0.405 e. The van der Waals surface area contributed by atoms with E-state index in [9.17, 15) is 22.8 Å². The van der Waals surface area contributed by atoms with E-state index in [1.165, 1.54) is 18.2 Å². The van der Waals surface area contributed by atoms with Crippen molar-refractivity contribution >= 4 is 11.9 Å². The predicted molar refractivity (Wildman–Crippen MR) is 101 cm³/mol. The molecule has 0 bridgehead atoms. The van der Waals surface area contributed by atoms with Crippen molar-refractivity contribution in [3.05, 3.63) is 65.7 Å². The molecule has 0 aromatic heterocycles. The average Bonchev–Trinajstić information content (AvgIpc) is 2.66. The van der Waals surface area contributed by atoms with E-state index in [2.05, 4.69) is 15.4 Å². The van der Waals surface area contributed by atoms with Crippen molar-refractivity contribution in [2.75, 3.05) is 13.6 Å². The van der Waals surface area contributed by atoms with Crippen LogP contribution in [0, 0.1) is 0 Å². The van der Waals surface area contributed by atoms with E-state index < -0.39 is 18.3 Å². The molecular formula is C20H22F3N3O3. The van der Waals surface area contributed by atoms with E-state index in [0.29, 0.717) is 5.56 Å². The first-order chi connectivity index (χ1) is 13.7. The van der Waals surface area contributed by atoms with Crippen LogP contribution in [0.2, 0.25) is 0 Å². The summed E-state index contributed by atoms with van der Waals surface area (Å²) in [5.41, 5.74) is 1.24. The fourth-order valence-corrected chi connectivity index (χ4v) is 2.53. The molecule has 3 amide bonds. The number of ether oxygens (including phenoxy) is 1. The molecule has 29 heavy (non-hydrogen) atoms. The third kappa shape index (κ3) is 8.65. The Bertz CT molecular complexity index is 813. The molecular weight excluding hydrogens is 387 g/mol. The lowest BCUT2D eigenvalue weighted by Gasteiger charge is -2.19. The summed E-state index contributed by atoms with van der Waals surface area (Å²) in [6, 6.07) is 14.4. The fraction of sp³-hybridized carbons (Fsp3) is 0.300. The lowest BCUT2D eigenvalue weighted by molar-refractivity contribution is -0.275. The highest BCUT2D eigenvalue weighted by Crippen LogP contribution is 2.26. The molecule has 0 aliphatic carbocycles. The van der Waals surface area contributed by atoms with Crippen molar-refractivity contribution in [1.29, 1.82) is 0 Å². The van der Waals surface area contributed by atoms with Gasteiger partial charge in [0.1, 0.15) is 5.75 Å². The molecule has 0 saturated heterocycles. The molecule has 2 N–H and O–H groups in total. The number of hydrogen-bond acceptors (Lipinski definition) is 4. The summed E-state index contributed by atoms with van der Waals surface area (Å²) >= 11 is 0. The number of para-hydroxylation sites is 1. The Hall–Kier alpha value is -3.07. The van der Waals surface area contributed by atoms with Crippen LogP contribution in [0.25, 0.3) is 0 Å². The number of alkyl halides is 3. The van der Waals surface area contributed by atoms with Crippen LogP contribution in [0.15, 0.2) is 54.6 Å². The lowest BCUT2D eigenvalue weighted by Crippen LogP contribution is -2.40. The normalized spacial score (nSPS) is 11.2. The number of nitrogens with zero attached hydrogens (tertiary/aromatic N) is 1. The van der Waals surface area contributed by atoms with E-state index in [-0.39, 0.29) is 31.8 Å². The third-order valence-corrected chi connectivity index (χ3v) is 3.91. The quantitative estimate of drug-likeness (QED) is 0.701. The number of halogens is 3. The van der Waals surface area contributed by atoms with Gasteiger partial charge in [-0.05, 0) is 18.7 Å². The zero-order valence-corrected chi connectivity index (χ0v) is 15.8. The van der Waals surface area contributed by atoms with Crippen LogP contribution in [-0.2, 0) is 17.9 Å². The maximum Gasteiger partial charge on any atom is 0.573 e. The summed E-state index contributed by atoms with van der Waals surface area (Å²) in [6.45, 7) is 0.688. The van der Waals surface area contributed by atoms with Gasteiger partial charge in [0.15, 0.2) is 0 Å². The second-order valence-electron chi connectivity index (χ2n) is 6.36. The Morgan fingerprint density at radius 3 is 2.38 bits per heavy atom. The molecule has 0 aliphatic heterocycles. The first-order valence-corrected chi connectivity index (χ1v) is 8.87. The Balaban J connectivity index is 1.75. The molecule has 0 atom stereocenters. The van der Waals surface area contributed by atoms with Crippen LogP contribution in [-0.4, -0.2) is 36.8 Å². The van der Waals surface area contributed by atoms with Crippen molar-refractivity contribution in [2.45, 2.75) is 25.9 Å². The number of nitrogens with one attached hydrogen (secondary N) is 2. The molecule has 0 heterocycles. The Morgan fingerprint density at radius 1 is 1.03 bits per heavy atom. The Kier molecular flexibility index (Phi) is 8.02. The zero-order chi connectivity index (χ0) is 21.3. The van der Waals surface area contributed by atoms with Crippen molar-refractivity contribution < 1.29 is 27.5 Å². The highest BCUT2D eigenvalue weighted by Gasteiger charge is 2.32. The number of urea groups is 1. The van der Waals surface area contributed by atoms with Crippen LogP contribution in [0.5, 0.6) is 5.75 Å². The molecule has 0 saturated carbocycles. The van der Waals surface area contributed by atoms with Crippen LogP contribution in [0.4, 0.5) is 18.0 Å². The lowest BCUT2D eigenvalue weighted by atomic mass is 10.2. The van der Waals surface area contributed by atoms with E-state index in [1.54, 1.807) is 18.0 Å². The molecule has 0 spiro atoms. The van der Waals surface area contributed by atoms with Crippen molar-refractivity contribution in [3.8, 4) is 5.75 Å². The van der Waals surface area contributed by atoms with E-state index in [1.807, 2.05) is 30.3 Å². The number of benzene rings is 2. The van der Waals surface area contributed by atoms with Crippen LogP contribution in [0.1, 0.15) is 17.5 Å². The van der Waals surface area contributed by atoms with Crippen molar-refractivity contribution in [2.24, 2.45) is 0 Å². The number of imide groups is 1. The average molecular weight is 409 g/mol. The standard InChI is InChI=1S/C20H22F3N3O3/c1-26(14-16-9-5-6-10-17(16)29-20(21,22)23)12-11-18(27)25-19(28)24-13-15-7-3-2-4-8-15/h2-10H,11-14H2,1H3,(H2,24,25,27,28). The second kappa shape index (κ2) is 10.5. The van der Waals surface area contributed by atoms with E-state index in [0.717, 1.165) is 5.56 Å². The minimum atomic E-state index is -4.78. The highest BCUT2D eigenvalue weighted by atomic mass is 19.4. The molecule has 6 nitrogen and oxygen atoms in total. The van der Waals surface area contributed by atoms with Gasteiger partial charge in [-0.3, -0.25) is 10.1 Å². The largest absolute Gasteiger partial charge is 0.573 e. The molecule has 2 aromatic carbocycles. The maximum absolute atomic E-state index is 12.5. The maximum atomic E-state index is 12.5. The van der Waals surface area contributed by atoms with Crippen LogP contribution >= 0.6 is 0 Å². The van der Waals surface area contributed by atoms with Crippen LogP contribution < -0.4 is 15.4 Å². The molecule has 0 aliphatic rings. The number of rotatable bonds is 8. The predicted octanol–water partition coefficient (Wildman–Crippen LogP) is 3.43. The van der Waals surface area contributed by atoms with Gasteiger partial charge in [-0.25, -0.2) is 4.79 Å². The SMILES string of the molecule is CN(CCC(=O)NC(=O)NCc1ccccc1)Cc1ccccc1OC(F)(F)F. The zero-order valence-electron chi connectivity index (χ0n) is 15.8. The molecule has 156 valence electrons. The summed E-state index contributed by atoms with van der Waals surface area (Å²) in [4.78, 5) is 25.3. The second-order valence-corrected chi connectivity index (χ2v) is 6.36. The summed E-state index contributed by atoms with van der Waals surface area (Å²) in [5.74, 6) is -0.765. The van der Waals surface area contributed by atoms with Gasteiger partial charge in [0.05, 0.1) is 0 Å². The van der Waals surface area contributed by atoms with Gasteiger partial charge in [0, 0.05) is 31.6 Å². The van der Waals surface area contributed by atoms with Gasteiger partial charge >= 0.3 is 12.4 Å². The van der Waals surface area contributed by atoms with Gasteiger partial charge in [0.2, 0.25) is 5.91 Å². The molecule has 2 aromatic rings. The fourth-order valence-electron chi connectivity index (χ4n) is 2.53. The van der Waals surface area contributed by atoms with Gasteiger partial charge in [-0.2, -0.15) is 0 Å². The molecule has 9 heteroatoms. The highest BCUT2D eigenvalue weighted by molar-refractivity contribution is 5.94. The summed E-state index contributed by atoms with van der Waals surface area (Å²) in [5, 5.41) is 4.80. The monoisotopic (exact) mass is 409 g/mol. The number of hydrogen-bond donors (Lipinski definition) is 2. The van der Waals surface area contributed by atoms with Gasteiger partial charge in [-0.15, -0.1) is 13.2 Å². The molecule has 0 unspecified atom stereocenters. The molecule has 2 rings (SSSR count). The van der Waals surface area contributed by atoms with E-state index in [4.69, 9.17) is 0 Å². The number of carbonyl (C=O) groups is 2. The van der Waals surface area contributed by atoms with Crippen molar-refractivity contribution in [3.63, 3.8) is 0 Å². The minimum absolute atomic E-state index is 0.0115. The first kappa shape index (κ1) is 22.2. The third-order valence-electron chi connectivity index (χ3n) is 3.91. The van der Waals surface area contributed by atoms with Crippen LogP contribution in [0.3, 0.4) is 0 Å². The molecule has 0 fully saturated rings. The summed E-state index contributed by atoms with van der Waals surface area (Å²) in [7, 11) is 1.66. The topological polar surface area (TPSA) is 70.7 Å². The van der Waals surface area contributed by atoms with Gasteiger partial charge < -0.3 is 15.0 Å². The minimum Gasteiger partial charge on any atom is -0.405 e. The van der Waals surface area contributed by atoms with Gasteiger partial charge in [0.25, 0.3) is 0 Å². The summed E-state index contributed by atoms with van der Waals surface area (Å²) in [6.07, 6.45) is -4.76. The molecule has 0 radical (unpaired) electrons. The number of amides is 3. The van der Waals surface area contributed by atoms with Gasteiger partial charge in [-0.1, -0.05) is 48.5 Å². The Morgan fingerprint density at radius 2 is 1.69 bits per heavy atom. The van der Waals surface area contributed by atoms with E-state index >= 15 is 0 Å². The summed E-state index contributed by atoms with van der Waals surface area (Å²) < 4.78 is 41.5. The Labute approximate surface area is 166 Å².